The fourth-order valence-corrected chi connectivity index (χ4v) is 2.16. The molecule has 0 saturated carbocycles. The number of hydrogen-bond acceptors (Lipinski definition) is 4. The smallest absolute Gasteiger partial charge is 0.126 e. The van der Waals surface area contributed by atoms with Gasteiger partial charge in [0.15, 0.2) is 0 Å². The average Bonchev–Trinajstić information content (AvgIpc) is 2.78. The molecule has 5 heteroatoms. The zero-order valence-corrected chi connectivity index (χ0v) is 10.6. The molecule has 2 rings (SSSR count). The Bertz CT molecular complexity index is 510. The van der Waals surface area contributed by atoms with Crippen molar-refractivity contribution in [1.82, 2.24) is 14.9 Å². The van der Waals surface area contributed by atoms with Crippen molar-refractivity contribution in [1.29, 1.82) is 0 Å². The minimum absolute atomic E-state index is 0.204. The summed E-state index contributed by atoms with van der Waals surface area (Å²) < 4.78 is 17.4. The summed E-state index contributed by atoms with van der Waals surface area (Å²) in [5, 5.41) is 7.30. The third kappa shape index (κ3) is 2.68. The molecule has 90 valence electrons. The molecule has 0 fully saturated rings. The first kappa shape index (κ1) is 12.1. The molecule has 2 aromatic rings. The Morgan fingerprint density at radius 1 is 1.41 bits per heavy atom. The fraction of sp³-hybridized carbons (Fsp3) is 0.333. The first-order chi connectivity index (χ1) is 8.22. The maximum Gasteiger partial charge on any atom is 0.126 e. The van der Waals surface area contributed by atoms with E-state index in [1.165, 1.54) is 17.6 Å². The average molecular weight is 251 g/mol. The molecule has 0 aliphatic rings. The second-order valence-electron chi connectivity index (χ2n) is 3.79. The Kier molecular flexibility index (Phi) is 3.81. The van der Waals surface area contributed by atoms with Crippen molar-refractivity contribution in [2.45, 2.75) is 20.4 Å². The number of aromatic nitrogens is 2. The molecular weight excluding hydrogens is 237 g/mol. The summed E-state index contributed by atoms with van der Waals surface area (Å²) in [6.07, 6.45) is 0. The standard InChI is InChI=1S/C12H14FN3S/c1-3-14-7-11-12(15-16-17-11)9-5-4-8(2)10(13)6-9/h4-6,14H,3,7H2,1-2H3. The van der Waals surface area contributed by atoms with E-state index in [9.17, 15) is 4.39 Å². The lowest BCUT2D eigenvalue weighted by Crippen LogP contribution is -2.11. The van der Waals surface area contributed by atoms with Crippen molar-refractivity contribution < 1.29 is 4.39 Å². The number of rotatable bonds is 4. The van der Waals surface area contributed by atoms with E-state index >= 15 is 0 Å². The molecule has 0 spiro atoms. The highest BCUT2D eigenvalue weighted by Gasteiger charge is 2.11. The van der Waals surface area contributed by atoms with E-state index in [0.717, 1.165) is 29.2 Å². The molecule has 0 aliphatic carbocycles. The van der Waals surface area contributed by atoms with Crippen molar-refractivity contribution in [3.63, 3.8) is 0 Å². The van der Waals surface area contributed by atoms with Gasteiger partial charge >= 0.3 is 0 Å². The van der Waals surface area contributed by atoms with Gasteiger partial charge in [0, 0.05) is 12.1 Å². The van der Waals surface area contributed by atoms with Gasteiger partial charge < -0.3 is 5.32 Å². The first-order valence-electron chi connectivity index (χ1n) is 5.51. The van der Waals surface area contributed by atoms with Crippen LogP contribution < -0.4 is 5.32 Å². The van der Waals surface area contributed by atoms with Gasteiger partial charge in [0.05, 0.1) is 4.88 Å². The third-order valence-electron chi connectivity index (χ3n) is 2.54. The SMILES string of the molecule is CCNCc1snnc1-c1ccc(C)c(F)c1. The van der Waals surface area contributed by atoms with E-state index in [4.69, 9.17) is 0 Å². The van der Waals surface area contributed by atoms with Gasteiger partial charge in [-0.15, -0.1) is 5.10 Å². The van der Waals surface area contributed by atoms with Crippen molar-refractivity contribution in [2.75, 3.05) is 6.54 Å². The van der Waals surface area contributed by atoms with Crippen LogP contribution in [0.2, 0.25) is 0 Å². The predicted molar refractivity (Wildman–Crippen MR) is 67.4 cm³/mol. The van der Waals surface area contributed by atoms with E-state index in [1.54, 1.807) is 13.0 Å². The number of halogens is 1. The van der Waals surface area contributed by atoms with Crippen molar-refractivity contribution in [2.24, 2.45) is 0 Å². The Morgan fingerprint density at radius 3 is 2.94 bits per heavy atom. The van der Waals surface area contributed by atoms with Crippen LogP contribution in [-0.2, 0) is 6.54 Å². The van der Waals surface area contributed by atoms with Crippen LogP contribution in [0.15, 0.2) is 18.2 Å². The van der Waals surface area contributed by atoms with Crippen LogP contribution in [0.25, 0.3) is 11.3 Å². The lowest BCUT2D eigenvalue weighted by atomic mass is 10.1. The molecular formula is C12H14FN3S. The summed E-state index contributed by atoms with van der Waals surface area (Å²) in [7, 11) is 0. The molecule has 0 bridgehead atoms. The van der Waals surface area contributed by atoms with Gasteiger partial charge in [-0.1, -0.05) is 23.5 Å². The summed E-state index contributed by atoms with van der Waals surface area (Å²) in [4.78, 5) is 1.04. The summed E-state index contributed by atoms with van der Waals surface area (Å²) in [5.74, 6) is -0.204. The van der Waals surface area contributed by atoms with Crippen LogP contribution in [0.3, 0.4) is 0 Å². The summed E-state index contributed by atoms with van der Waals surface area (Å²) in [6.45, 7) is 5.40. The summed E-state index contributed by atoms with van der Waals surface area (Å²) in [6, 6.07) is 5.16. The monoisotopic (exact) mass is 251 g/mol. The largest absolute Gasteiger partial charge is 0.312 e. The van der Waals surface area contributed by atoms with Crippen molar-refractivity contribution >= 4 is 11.5 Å². The maximum absolute atomic E-state index is 13.5. The number of benzene rings is 1. The highest BCUT2D eigenvalue weighted by atomic mass is 32.1. The molecule has 0 radical (unpaired) electrons. The molecule has 0 atom stereocenters. The Labute approximate surface area is 104 Å². The number of nitrogens with one attached hydrogen (secondary N) is 1. The van der Waals surface area contributed by atoms with Gasteiger partial charge in [0.2, 0.25) is 0 Å². The number of hydrogen-bond donors (Lipinski definition) is 1. The van der Waals surface area contributed by atoms with Gasteiger partial charge in [-0.3, -0.25) is 0 Å². The fourth-order valence-electron chi connectivity index (χ4n) is 1.52. The molecule has 0 saturated heterocycles. The zero-order chi connectivity index (χ0) is 12.3. The number of nitrogens with zero attached hydrogens (tertiary/aromatic N) is 2. The summed E-state index contributed by atoms with van der Waals surface area (Å²) >= 11 is 1.35. The second-order valence-corrected chi connectivity index (χ2v) is 4.63. The Balaban J connectivity index is 2.32. The van der Waals surface area contributed by atoms with E-state index in [-0.39, 0.29) is 5.82 Å². The lowest BCUT2D eigenvalue weighted by molar-refractivity contribution is 0.619. The molecule has 0 aliphatic heterocycles. The Hall–Kier alpha value is -1.33. The van der Waals surface area contributed by atoms with Gasteiger partial charge in [0.1, 0.15) is 11.5 Å². The lowest BCUT2D eigenvalue weighted by Gasteiger charge is -2.03. The first-order valence-corrected chi connectivity index (χ1v) is 6.28. The van der Waals surface area contributed by atoms with Crippen LogP contribution in [0.1, 0.15) is 17.4 Å². The quantitative estimate of drug-likeness (QED) is 0.908. The highest BCUT2D eigenvalue weighted by molar-refractivity contribution is 7.05. The van der Waals surface area contributed by atoms with Gasteiger partial charge in [-0.25, -0.2) is 4.39 Å². The zero-order valence-electron chi connectivity index (χ0n) is 9.83. The van der Waals surface area contributed by atoms with Crippen LogP contribution in [0.4, 0.5) is 4.39 Å². The minimum Gasteiger partial charge on any atom is -0.312 e. The van der Waals surface area contributed by atoms with Crippen LogP contribution in [0, 0.1) is 12.7 Å². The topological polar surface area (TPSA) is 37.8 Å². The predicted octanol–water partition coefficient (Wildman–Crippen LogP) is 2.76. The second kappa shape index (κ2) is 5.33. The van der Waals surface area contributed by atoms with Crippen LogP contribution in [0.5, 0.6) is 0 Å². The molecule has 1 N–H and O–H groups in total. The molecule has 1 aromatic carbocycles. The van der Waals surface area contributed by atoms with Gasteiger partial charge in [-0.2, -0.15) is 0 Å². The van der Waals surface area contributed by atoms with E-state index in [2.05, 4.69) is 14.9 Å². The van der Waals surface area contributed by atoms with E-state index in [0.29, 0.717) is 5.56 Å². The highest BCUT2D eigenvalue weighted by Crippen LogP contribution is 2.25. The van der Waals surface area contributed by atoms with Crippen molar-refractivity contribution in [3.8, 4) is 11.3 Å². The number of aryl methyl sites for hydroxylation is 1. The maximum atomic E-state index is 13.5. The van der Waals surface area contributed by atoms with E-state index in [1.807, 2.05) is 13.0 Å². The summed E-state index contributed by atoms with van der Waals surface area (Å²) in [5.41, 5.74) is 2.20. The minimum atomic E-state index is -0.204. The van der Waals surface area contributed by atoms with Gasteiger partial charge in [-0.05, 0) is 36.6 Å². The van der Waals surface area contributed by atoms with Crippen LogP contribution in [-0.4, -0.2) is 16.1 Å². The van der Waals surface area contributed by atoms with Gasteiger partial charge in [0.25, 0.3) is 0 Å². The molecule has 3 nitrogen and oxygen atoms in total. The third-order valence-corrected chi connectivity index (χ3v) is 3.26. The molecule has 1 heterocycles. The molecule has 17 heavy (non-hydrogen) atoms. The molecule has 0 unspecified atom stereocenters. The normalized spacial score (nSPS) is 10.8. The van der Waals surface area contributed by atoms with E-state index < -0.39 is 0 Å². The molecule has 1 aromatic heterocycles. The molecule has 0 amide bonds. The Morgan fingerprint density at radius 2 is 2.24 bits per heavy atom. The van der Waals surface area contributed by atoms with Crippen LogP contribution >= 0.6 is 11.5 Å². The van der Waals surface area contributed by atoms with Crippen molar-refractivity contribution in [3.05, 3.63) is 34.5 Å².